The first-order chi connectivity index (χ1) is 9.41. The molecule has 0 unspecified atom stereocenters. The number of nitrogens with zero attached hydrogens (tertiary/aromatic N) is 2. The van der Waals surface area contributed by atoms with E-state index in [4.69, 9.17) is 5.11 Å². The Bertz CT molecular complexity index is 487. The first-order valence-corrected chi connectivity index (χ1v) is 6.18. The van der Waals surface area contributed by atoms with E-state index in [9.17, 15) is 14.4 Å². The first-order valence-electron chi connectivity index (χ1n) is 6.18. The lowest BCUT2D eigenvalue weighted by Crippen LogP contribution is -2.40. The average molecular weight is 278 g/mol. The van der Waals surface area contributed by atoms with Crippen LogP contribution in [0.2, 0.25) is 0 Å². The van der Waals surface area contributed by atoms with Crippen LogP contribution in [-0.2, 0) is 9.59 Å². The summed E-state index contributed by atoms with van der Waals surface area (Å²) in [6.45, 7) is 0.0470. The van der Waals surface area contributed by atoms with Crippen LogP contribution in [0, 0.1) is 0 Å². The van der Waals surface area contributed by atoms with Crippen LogP contribution in [0.5, 0.6) is 0 Å². The maximum absolute atomic E-state index is 12.0. The van der Waals surface area contributed by atoms with E-state index in [0.29, 0.717) is 5.56 Å². The fraction of sp³-hybridized carbons (Fsp3) is 0.357. The number of likely N-dealkylation sites (N-methyl/N-ethyl adjacent to an activating group) is 2. The van der Waals surface area contributed by atoms with Gasteiger partial charge >= 0.3 is 5.97 Å². The number of hydrogen-bond acceptors (Lipinski definition) is 3. The van der Waals surface area contributed by atoms with E-state index in [0.717, 1.165) is 0 Å². The lowest BCUT2D eigenvalue weighted by Gasteiger charge is -2.21. The van der Waals surface area contributed by atoms with Crippen LogP contribution in [0.3, 0.4) is 0 Å². The van der Waals surface area contributed by atoms with Crippen LogP contribution >= 0.6 is 0 Å². The van der Waals surface area contributed by atoms with E-state index < -0.39 is 5.97 Å². The highest BCUT2D eigenvalue weighted by Crippen LogP contribution is 2.03. The Hall–Kier alpha value is -2.37. The summed E-state index contributed by atoms with van der Waals surface area (Å²) >= 11 is 0. The highest BCUT2D eigenvalue weighted by atomic mass is 16.4. The molecule has 6 nitrogen and oxygen atoms in total. The van der Waals surface area contributed by atoms with Crippen molar-refractivity contribution in [1.82, 2.24) is 9.80 Å². The maximum atomic E-state index is 12.0. The second-order valence-corrected chi connectivity index (χ2v) is 4.49. The second kappa shape index (κ2) is 7.28. The predicted molar refractivity (Wildman–Crippen MR) is 73.3 cm³/mol. The second-order valence-electron chi connectivity index (χ2n) is 4.49. The van der Waals surface area contributed by atoms with Crippen LogP contribution in [0.4, 0.5) is 0 Å². The Morgan fingerprint density at radius 2 is 1.65 bits per heavy atom. The maximum Gasteiger partial charge on any atom is 0.305 e. The minimum absolute atomic E-state index is 0.0795. The zero-order valence-corrected chi connectivity index (χ0v) is 11.6. The SMILES string of the molecule is CN(CCC(=O)O)C(=O)CN(C)C(=O)c1ccccc1. The summed E-state index contributed by atoms with van der Waals surface area (Å²) in [5.41, 5.74) is 0.510. The highest BCUT2D eigenvalue weighted by Gasteiger charge is 2.17. The molecular weight excluding hydrogens is 260 g/mol. The van der Waals surface area contributed by atoms with E-state index in [1.807, 2.05) is 6.07 Å². The summed E-state index contributed by atoms with van der Waals surface area (Å²) in [4.78, 5) is 36.9. The number of carbonyl (C=O) groups is 3. The van der Waals surface area contributed by atoms with Crippen LogP contribution in [0.15, 0.2) is 30.3 Å². The Balaban J connectivity index is 2.53. The lowest BCUT2D eigenvalue weighted by molar-refractivity contribution is -0.138. The molecule has 1 rings (SSSR count). The summed E-state index contributed by atoms with van der Waals surface area (Å²) < 4.78 is 0. The van der Waals surface area contributed by atoms with E-state index in [1.165, 1.54) is 23.9 Å². The van der Waals surface area contributed by atoms with Crippen molar-refractivity contribution in [2.45, 2.75) is 6.42 Å². The van der Waals surface area contributed by atoms with Gasteiger partial charge in [0.05, 0.1) is 13.0 Å². The predicted octanol–water partition coefficient (Wildman–Crippen LogP) is 0.692. The third kappa shape index (κ3) is 4.72. The van der Waals surface area contributed by atoms with Crippen molar-refractivity contribution >= 4 is 17.8 Å². The van der Waals surface area contributed by atoms with Gasteiger partial charge in [-0.3, -0.25) is 14.4 Å². The molecule has 0 aliphatic rings. The summed E-state index contributed by atoms with van der Waals surface area (Å²) in [6, 6.07) is 8.67. The van der Waals surface area contributed by atoms with E-state index in [1.54, 1.807) is 24.3 Å². The molecule has 1 aromatic rings. The van der Waals surface area contributed by atoms with Gasteiger partial charge in [-0.05, 0) is 12.1 Å². The lowest BCUT2D eigenvalue weighted by atomic mass is 10.2. The van der Waals surface area contributed by atoms with Crippen LogP contribution < -0.4 is 0 Å². The number of amides is 2. The molecular formula is C14H18N2O4. The largest absolute Gasteiger partial charge is 0.481 e. The van der Waals surface area contributed by atoms with Crippen molar-refractivity contribution in [1.29, 1.82) is 0 Å². The standard InChI is InChI=1S/C14H18N2O4/c1-15(9-8-13(18)19)12(17)10-16(2)14(20)11-6-4-3-5-7-11/h3-7H,8-10H2,1-2H3,(H,18,19). The van der Waals surface area contributed by atoms with Crippen molar-refractivity contribution in [2.24, 2.45) is 0 Å². The number of carbonyl (C=O) groups excluding carboxylic acids is 2. The molecule has 0 radical (unpaired) electrons. The van der Waals surface area contributed by atoms with Crippen molar-refractivity contribution < 1.29 is 19.5 Å². The van der Waals surface area contributed by atoms with E-state index in [2.05, 4.69) is 0 Å². The zero-order valence-electron chi connectivity index (χ0n) is 11.6. The molecule has 20 heavy (non-hydrogen) atoms. The smallest absolute Gasteiger partial charge is 0.305 e. The molecule has 0 aliphatic heterocycles. The molecule has 6 heteroatoms. The fourth-order valence-electron chi connectivity index (χ4n) is 1.58. The van der Waals surface area contributed by atoms with Crippen LogP contribution in [0.1, 0.15) is 16.8 Å². The van der Waals surface area contributed by atoms with Gasteiger partial charge in [0.2, 0.25) is 5.91 Å². The third-order valence-electron chi connectivity index (χ3n) is 2.83. The highest BCUT2D eigenvalue weighted by molar-refractivity contribution is 5.96. The molecule has 0 aliphatic carbocycles. The molecule has 108 valence electrons. The number of carboxylic acids is 1. The average Bonchev–Trinajstić information content (AvgIpc) is 2.44. The molecule has 0 saturated heterocycles. The van der Waals surface area contributed by atoms with Gasteiger partial charge in [0.15, 0.2) is 0 Å². The number of benzene rings is 1. The van der Waals surface area contributed by atoms with Crippen molar-refractivity contribution in [3.05, 3.63) is 35.9 Å². The summed E-state index contributed by atoms with van der Waals surface area (Å²) in [7, 11) is 3.06. The Morgan fingerprint density at radius 3 is 2.20 bits per heavy atom. The quantitative estimate of drug-likeness (QED) is 0.830. The third-order valence-corrected chi connectivity index (χ3v) is 2.83. The number of hydrogen-bond donors (Lipinski definition) is 1. The van der Waals surface area contributed by atoms with Gasteiger partial charge in [-0.15, -0.1) is 0 Å². The number of aliphatic carboxylic acids is 1. The van der Waals surface area contributed by atoms with Gasteiger partial charge < -0.3 is 14.9 Å². The van der Waals surface area contributed by atoms with Crippen LogP contribution in [-0.4, -0.2) is 59.9 Å². The van der Waals surface area contributed by atoms with Crippen LogP contribution in [0.25, 0.3) is 0 Å². The topological polar surface area (TPSA) is 77.9 Å². The van der Waals surface area contributed by atoms with Gasteiger partial charge in [0, 0.05) is 26.2 Å². The molecule has 0 fully saturated rings. The summed E-state index contributed by atoms with van der Waals surface area (Å²) in [5.74, 6) is -1.50. The minimum Gasteiger partial charge on any atom is -0.481 e. The van der Waals surface area contributed by atoms with Gasteiger partial charge in [-0.1, -0.05) is 18.2 Å². The fourth-order valence-corrected chi connectivity index (χ4v) is 1.58. The normalized spacial score (nSPS) is 9.90. The molecule has 0 aromatic heterocycles. The molecule has 0 atom stereocenters. The number of carboxylic acid groups (broad SMARTS) is 1. The molecule has 0 saturated carbocycles. The number of rotatable bonds is 6. The van der Waals surface area contributed by atoms with E-state index in [-0.39, 0.29) is 31.3 Å². The van der Waals surface area contributed by atoms with E-state index >= 15 is 0 Å². The Kier molecular flexibility index (Phi) is 5.71. The Labute approximate surface area is 117 Å². The molecule has 0 bridgehead atoms. The van der Waals surface area contributed by atoms with Crippen molar-refractivity contribution in [3.63, 3.8) is 0 Å². The van der Waals surface area contributed by atoms with Gasteiger partial charge in [-0.25, -0.2) is 0 Å². The zero-order chi connectivity index (χ0) is 15.1. The molecule has 2 amide bonds. The van der Waals surface area contributed by atoms with Gasteiger partial charge in [0.1, 0.15) is 0 Å². The molecule has 1 N–H and O–H groups in total. The minimum atomic E-state index is -0.960. The molecule has 0 heterocycles. The first kappa shape index (κ1) is 15.7. The molecule has 1 aromatic carbocycles. The summed E-state index contributed by atoms with van der Waals surface area (Å²) in [5, 5.41) is 8.56. The molecule has 0 spiro atoms. The van der Waals surface area contributed by atoms with Gasteiger partial charge in [-0.2, -0.15) is 0 Å². The van der Waals surface area contributed by atoms with Gasteiger partial charge in [0.25, 0.3) is 5.91 Å². The summed E-state index contributed by atoms with van der Waals surface area (Å²) in [6.07, 6.45) is -0.113. The Morgan fingerprint density at radius 1 is 1.05 bits per heavy atom. The monoisotopic (exact) mass is 278 g/mol. The van der Waals surface area contributed by atoms with Crippen molar-refractivity contribution in [2.75, 3.05) is 27.2 Å². The van der Waals surface area contributed by atoms with Crippen molar-refractivity contribution in [3.8, 4) is 0 Å².